The van der Waals surface area contributed by atoms with Crippen molar-refractivity contribution in [2.45, 2.75) is 44.5 Å². The van der Waals surface area contributed by atoms with Gasteiger partial charge in [-0.3, -0.25) is 19.2 Å². The van der Waals surface area contributed by atoms with Gasteiger partial charge in [-0.15, -0.1) is 11.8 Å². The van der Waals surface area contributed by atoms with E-state index in [1.165, 1.54) is 38.2 Å². The number of hydrogen-bond donors (Lipinski definition) is 1. The summed E-state index contributed by atoms with van der Waals surface area (Å²) in [5, 5.41) is 7.13. The number of esters is 3. The molecule has 35 heavy (non-hydrogen) atoms. The maximum atomic E-state index is 13.0. The summed E-state index contributed by atoms with van der Waals surface area (Å²) < 4.78 is 20.2. The third kappa shape index (κ3) is 5.82. The molecule has 1 aromatic heterocycles. The van der Waals surface area contributed by atoms with Crippen molar-refractivity contribution in [3.63, 3.8) is 0 Å². The van der Waals surface area contributed by atoms with Gasteiger partial charge in [-0.1, -0.05) is 5.16 Å². The number of β-lactam (4-membered cyclic amide) rings is 1. The van der Waals surface area contributed by atoms with Gasteiger partial charge < -0.3 is 33.7 Å². The molecule has 0 aromatic carbocycles. The Hall–Kier alpha value is -3.81. The van der Waals surface area contributed by atoms with Gasteiger partial charge in [0.05, 0.1) is 6.26 Å². The Morgan fingerprint density at radius 3 is 2.57 bits per heavy atom. The van der Waals surface area contributed by atoms with E-state index in [-0.39, 0.29) is 23.7 Å². The molecule has 1 aromatic rings. The van der Waals surface area contributed by atoms with Crippen LogP contribution in [0.3, 0.4) is 0 Å². The number of nitrogens with zero attached hydrogens (tertiary/aromatic N) is 2. The third-order valence-electron chi connectivity index (χ3n) is 4.79. The van der Waals surface area contributed by atoms with Crippen LogP contribution in [0.1, 0.15) is 26.5 Å². The molecule has 13 nitrogen and oxygen atoms in total. The lowest BCUT2D eigenvalue weighted by atomic mass is 9.98. The average molecular weight is 509 g/mol. The van der Waals surface area contributed by atoms with Gasteiger partial charge in [-0.05, 0) is 17.5 Å². The first kappa shape index (κ1) is 25.8. The summed E-state index contributed by atoms with van der Waals surface area (Å²) in [5.41, 5.74) is 0.110. The first-order valence-electron chi connectivity index (χ1n) is 10.3. The monoisotopic (exact) mass is 509 g/mol. The molecular formula is C21H23N3O10S. The number of carbonyl (C=O) groups is 5. The third-order valence-corrected chi connectivity index (χ3v) is 6.00. The van der Waals surface area contributed by atoms with Crippen LogP contribution in [0.25, 0.3) is 0 Å². The van der Waals surface area contributed by atoms with E-state index in [2.05, 4.69) is 10.5 Å². The van der Waals surface area contributed by atoms with Crippen LogP contribution in [0.5, 0.6) is 0 Å². The maximum Gasteiger partial charge on any atom is 0.336 e. The molecule has 4 atom stereocenters. The highest BCUT2D eigenvalue weighted by Gasteiger charge is 2.56. The fourth-order valence-corrected chi connectivity index (χ4v) is 4.61. The fourth-order valence-electron chi connectivity index (χ4n) is 3.40. The van der Waals surface area contributed by atoms with E-state index >= 15 is 0 Å². The zero-order valence-electron chi connectivity index (χ0n) is 19.2. The molecule has 2 unspecified atom stereocenters. The second-order valence-corrected chi connectivity index (χ2v) is 8.30. The van der Waals surface area contributed by atoms with Gasteiger partial charge in [-0.25, -0.2) is 4.79 Å². The SMILES string of the molecule is CO/N=C(\C(=O)N[C@@H]1C(=O)N2C(C(=O)OC(C)OC(C)=O)C(COC(C)=O)=CS[C@H]12)c1ccco1. The first-order chi connectivity index (χ1) is 16.6. The standard InChI is InChI=1S/C21H23N3O10S/c1-10(25)32-8-13-9-35-20-16(22-18(27)15(23-30-4)14-6-5-7-31-14)19(28)24(20)17(13)21(29)34-12(3)33-11(2)26/h5-7,9,12,16-17,20H,8H2,1-4H3,(H,22,27)/b23-15-/t12?,16-,17?,20-/m1/s1. The second-order valence-electron chi connectivity index (χ2n) is 7.31. The summed E-state index contributed by atoms with van der Waals surface area (Å²) in [4.78, 5) is 67.1. The van der Waals surface area contributed by atoms with Crippen LogP contribution < -0.4 is 5.32 Å². The number of oxime groups is 1. The molecule has 0 bridgehead atoms. The van der Waals surface area contributed by atoms with Crippen LogP contribution in [0.2, 0.25) is 0 Å². The summed E-state index contributed by atoms with van der Waals surface area (Å²) in [6, 6.07) is 0.805. The molecule has 188 valence electrons. The van der Waals surface area contributed by atoms with Crippen LogP contribution in [-0.2, 0) is 43.0 Å². The fraction of sp³-hybridized carbons (Fsp3) is 0.429. The Morgan fingerprint density at radius 2 is 1.97 bits per heavy atom. The highest BCUT2D eigenvalue weighted by Crippen LogP contribution is 2.40. The number of fused-ring (bicyclic) bond motifs is 1. The van der Waals surface area contributed by atoms with E-state index in [0.717, 1.165) is 18.7 Å². The van der Waals surface area contributed by atoms with Crippen LogP contribution >= 0.6 is 11.8 Å². The lowest BCUT2D eigenvalue weighted by molar-refractivity contribution is -0.189. The van der Waals surface area contributed by atoms with E-state index in [1.807, 2.05) is 0 Å². The lowest BCUT2D eigenvalue weighted by Gasteiger charge is -2.51. The summed E-state index contributed by atoms with van der Waals surface area (Å²) in [7, 11) is 1.26. The van der Waals surface area contributed by atoms with Gasteiger partial charge in [0.25, 0.3) is 5.91 Å². The van der Waals surface area contributed by atoms with Gasteiger partial charge in [0, 0.05) is 26.3 Å². The van der Waals surface area contributed by atoms with Gasteiger partial charge in [0.15, 0.2) is 11.8 Å². The molecule has 1 fully saturated rings. The molecule has 0 aliphatic carbocycles. The predicted octanol–water partition coefficient (Wildman–Crippen LogP) is 0.298. The van der Waals surface area contributed by atoms with Crippen molar-refractivity contribution < 1.29 is 47.4 Å². The van der Waals surface area contributed by atoms with Gasteiger partial charge in [0.2, 0.25) is 17.9 Å². The minimum absolute atomic E-state index is 0.133. The van der Waals surface area contributed by atoms with Crippen LogP contribution in [0.4, 0.5) is 0 Å². The minimum Gasteiger partial charge on any atom is -0.462 e. The summed E-state index contributed by atoms with van der Waals surface area (Å²) in [6.45, 7) is 3.44. The number of thioether (sulfide) groups is 1. The van der Waals surface area contributed by atoms with Crippen molar-refractivity contribution in [1.29, 1.82) is 0 Å². The van der Waals surface area contributed by atoms with Gasteiger partial charge in [-0.2, -0.15) is 0 Å². The van der Waals surface area contributed by atoms with Crippen LogP contribution in [-0.4, -0.2) is 77.8 Å². The molecule has 0 radical (unpaired) electrons. The predicted molar refractivity (Wildman–Crippen MR) is 118 cm³/mol. The number of carbonyl (C=O) groups excluding carboxylic acids is 5. The molecule has 2 amide bonds. The summed E-state index contributed by atoms with van der Waals surface area (Å²) in [6.07, 6.45) is 0.139. The van der Waals surface area contributed by atoms with Gasteiger partial charge in [0.1, 0.15) is 25.1 Å². The molecule has 1 saturated heterocycles. The zero-order chi connectivity index (χ0) is 25.7. The Morgan fingerprint density at radius 1 is 1.23 bits per heavy atom. The van der Waals surface area contributed by atoms with Crippen molar-refractivity contribution in [3.05, 3.63) is 35.1 Å². The summed E-state index contributed by atoms with van der Waals surface area (Å²) >= 11 is 1.15. The molecular weight excluding hydrogens is 486 g/mol. The van der Waals surface area contributed by atoms with Crippen LogP contribution in [0.15, 0.2) is 38.9 Å². The molecule has 3 heterocycles. The molecule has 3 rings (SSSR count). The molecule has 1 N–H and O–H groups in total. The number of furan rings is 1. The molecule has 0 spiro atoms. The smallest absolute Gasteiger partial charge is 0.336 e. The Balaban J connectivity index is 1.79. The molecule has 2 aliphatic heterocycles. The molecule has 2 aliphatic rings. The number of amides is 2. The lowest BCUT2D eigenvalue weighted by Crippen LogP contribution is -2.74. The Labute approximate surface area is 203 Å². The first-order valence-corrected chi connectivity index (χ1v) is 11.2. The van der Waals surface area contributed by atoms with Crippen molar-refractivity contribution in [3.8, 4) is 0 Å². The normalized spacial score (nSPS) is 22.1. The molecule has 0 saturated carbocycles. The van der Waals surface area contributed by atoms with Crippen LogP contribution in [0, 0.1) is 0 Å². The average Bonchev–Trinajstić information content (AvgIpc) is 3.32. The second kappa shape index (κ2) is 11.1. The van der Waals surface area contributed by atoms with E-state index in [4.69, 9.17) is 23.5 Å². The van der Waals surface area contributed by atoms with Crippen molar-refractivity contribution in [2.75, 3.05) is 13.7 Å². The van der Waals surface area contributed by atoms with E-state index in [0.29, 0.717) is 0 Å². The number of rotatable bonds is 9. The van der Waals surface area contributed by atoms with Crippen molar-refractivity contribution in [1.82, 2.24) is 10.2 Å². The minimum atomic E-state index is -1.25. The topological polar surface area (TPSA) is 163 Å². The summed E-state index contributed by atoms with van der Waals surface area (Å²) in [5.74, 6) is -3.31. The highest BCUT2D eigenvalue weighted by molar-refractivity contribution is 8.03. The number of hydrogen-bond acceptors (Lipinski definition) is 12. The Bertz CT molecular complexity index is 1070. The van der Waals surface area contributed by atoms with E-state index < -0.39 is 53.5 Å². The van der Waals surface area contributed by atoms with Crippen molar-refractivity contribution >= 4 is 47.2 Å². The van der Waals surface area contributed by atoms with E-state index in [9.17, 15) is 24.0 Å². The van der Waals surface area contributed by atoms with Gasteiger partial charge >= 0.3 is 17.9 Å². The van der Waals surface area contributed by atoms with E-state index in [1.54, 1.807) is 11.5 Å². The quantitative estimate of drug-likeness (QED) is 0.160. The van der Waals surface area contributed by atoms with Crippen molar-refractivity contribution in [2.24, 2.45) is 5.16 Å². The zero-order valence-corrected chi connectivity index (χ0v) is 20.0. The largest absolute Gasteiger partial charge is 0.462 e. The number of nitrogens with one attached hydrogen (secondary N) is 1. The highest BCUT2D eigenvalue weighted by atomic mass is 32.2. The molecule has 14 heteroatoms. The Kier molecular flexibility index (Phi) is 8.17. The number of ether oxygens (including phenoxy) is 3. The maximum absolute atomic E-state index is 13.0.